The fourth-order valence-electron chi connectivity index (χ4n) is 10.0. The molecule has 0 amide bonds. The molecule has 4 heterocycles. The number of carbonyl (C=O) groups is 1. The number of carboxylic acid groups (broad SMARTS) is 1. The van der Waals surface area contributed by atoms with Crippen molar-refractivity contribution in [3.05, 3.63) is 65.5 Å². The summed E-state index contributed by atoms with van der Waals surface area (Å²) in [4.78, 5) is 18.4. The van der Waals surface area contributed by atoms with Gasteiger partial charge in [-0.05, 0) is 103 Å². The van der Waals surface area contributed by atoms with Crippen molar-refractivity contribution < 1.29 is 19.7 Å². The molecule has 2 saturated heterocycles. The SMILES string of the molecule is CC12CC=C3C=C4CC[C@@H](N5CC(O)C[C@H]5C(=O)O)C[C@]45CC[C@]3(O5)[C@@H]1CCC2c1ccc2ccncc2c1. The second-order valence-electron chi connectivity index (χ2n) is 13.5. The second kappa shape index (κ2) is 8.25. The van der Waals surface area contributed by atoms with Crippen molar-refractivity contribution in [3.8, 4) is 0 Å². The Labute approximate surface area is 229 Å². The zero-order valence-corrected chi connectivity index (χ0v) is 22.7. The molecule has 2 N–H and O–H groups in total. The molecule has 4 fully saturated rings. The minimum atomic E-state index is -0.812. The Hall–Kier alpha value is -2.54. The Bertz CT molecular complexity index is 1430. The van der Waals surface area contributed by atoms with Crippen LogP contribution in [0.15, 0.2) is 60.0 Å². The molecule has 2 saturated carbocycles. The van der Waals surface area contributed by atoms with Crippen LogP contribution < -0.4 is 0 Å². The molecule has 6 heteroatoms. The van der Waals surface area contributed by atoms with Gasteiger partial charge in [0.15, 0.2) is 0 Å². The molecule has 204 valence electrons. The second-order valence-corrected chi connectivity index (χ2v) is 13.5. The summed E-state index contributed by atoms with van der Waals surface area (Å²) in [6.45, 7) is 2.96. The number of aliphatic carboxylic acids is 1. The van der Waals surface area contributed by atoms with Gasteiger partial charge in [0.05, 0.1) is 17.3 Å². The quantitative estimate of drug-likeness (QED) is 0.560. The summed E-state index contributed by atoms with van der Waals surface area (Å²) >= 11 is 0. The summed E-state index contributed by atoms with van der Waals surface area (Å²) < 4.78 is 7.44. The Kier molecular flexibility index (Phi) is 5.13. The van der Waals surface area contributed by atoms with Gasteiger partial charge >= 0.3 is 5.97 Å². The van der Waals surface area contributed by atoms with Gasteiger partial charge in [-0.15, -0.1) is 0 Å². The molecule has 2 spiro atoms. The number of aromatic nitrogens is 1. The molecule has 6 aliphatic rings. The van der Waals surface area contributed by atoms with E-state index in [1.807, 2.05) is 12.4 Å². The lowest BCUT2D eigenvalue weighted by molar-refractivity contribution is -0.150. The topological polar surface area (TPSA) is 82.9 Å². The Morgan fingerprint density at radius 1 is 1.15 bits per heavy atom. The first kappa shape index (κ1) is 24.3. The minimum Gasteiger partial charge on any atom is -0.480 e. The van der Waals surface area contributed by atoms with Gasteiger partial charge in [0.25, 0.3) is 0 Å². The van der Waals surface area contributed by atoms with Crippen molar-refractivity contribution in [2.45, 2.75) is 100 Å². The van der Waals surface area contributed by atoms with Crippen LogP contribution in [-0.2, 0) is 9.53 Å². The monoisotopic (exact) mass is 526 g/mol. The van der Waals surface area contributed by atoms with Gasteiger partial charge in [0.2, 0.25) is 0 Å². The average molecular weight is 527 g/mol. The summed E-state index contributed by atoms with van der Waals surface area (Å²) in [7, 11) is 0. The molecule has 0 radical (unpaired) electrons. The van der Waals surface area contributed by atoms with Gasteiger partial charge in [-0.1, -0.05) is 31.2 Å². The molecule has 1 aromatic carbocycles. The molecule has 3 unspecified atom stereocenters. The van der Waals surface area contributed by atoms with Gasteiger partial charge in [-0.2, -0.15) is 0 Å². The van der Waals surface area contributed by atoms with Crippen molar-refractivity contribution in [2.75, 3.05) is 6.54 Å². The fraction of sp³-hybridized carbons (Fsp3) is 0.576. The van der Waals surface area contributed by atoms with Crippen LogP contribution in [0.4, 0.5) is 0 Å². The third-order valence-electron chi connectivity index (χ3n) is 11.8. The molecular weight excluding hydrogens is 488 g/mol. The molecule has 39 heavy (non-hydrogen) atoms. The van der Waals surface area contributed by atoms with E-state index in [1.54, 1.807) is 0 Å². The molecule has 2 bridgehead atoms. The van der Waals surface area contributed by atoms with Crippen molar-refractivity contribution in [2.24, 2.45) is 11.3 Å². The lowest BCUT2D eigenvalue weighted by Crippen LogP contribution is -2.56. The summed E-state index contributed by atoms with van der Waals surface area (Å²) in [6, 6.07) is 8.59. The normalized spacial score (nSPS) is 43.0. The Morgan fingerprint density at radius 3 is 2.92 bits per heavy atom. The zero-order valence-electron chi connectivity index (χ0n) is 22.7. The lowest BCUT2D eigenvalue weighted by Gasteiger charge is -2.55. The van der Waals surface area contributed by atoms with Crippen LogP contribution in [0.2, 0.25) is 0 Å². The van der Waals surface area contributed by atoms with E-state index in [0.29, 0.717) is 24.8 Å². The third-order valence-corrected chi connectivity index (χ3v) is 11.8. The number of nitrogens with zero attached hydrogens (tertiary/aromatic N) is 2. The molecule has 6 nitrogen and oxygen atoms in total. The number of pyridine rings is 1. The molecule has 2 aromatic rings. The highest BCUT2D eigenvalue weighted by Crippen LogP contribution is 2.69. The highest BCUT2D eigenvalue weighted by atomic mass is 16.5. The molecule has 8 rings (SSSR count). The first-order chi connectivity index (χ1) is 18.8. The maximum absolute atomic E-state index is 12.0. The predicted octanol–water partition coefficient (Wildman–Crippen LogP) is 5.37. The number of hydrogen-bond acceptors (Lipinski definition) is 5. The molecule has 1 aromatic heterocycles. The van der Waals surface area contributed by atoms with Crippen LogP contribution in [0, 0.1) is 11.3 Å². The summed E-state index contributed by atoms with van der Waals surface area (Å²) in [5.41, 5.74) is 3.88. The number of rotatable bonds is 3. The number of fused-ring (bicyclic) bond motifs is 2. The Balaban J connectivity index is 1.12. The first-order valence-electron chi connectivity index (χ1n) is 14.9. The van der Waals surface area contributed by atoms with Crippen molar-refractivity contribution >= 4 is 16.7 Å². The van der Waals surface area contributed by atoms with Crippen LogP contribution in [0.1, 0.15) is 76.2 Å². The van der Waals surface area contributed by atoms with Crippen LogP contribution in [-0.4, -0.2) is 62.0 Å². The summed E-state index contributed by atoms with van der Waals surface area (Å²) in [5, 5.41) is 22.6. The minimum absolute atomic E-state index is 0.137. The zero-order chi connectivity index (χ0) is 26.6. The number of aliphatic hydroxyl groups is 1. The van der Waals surface area contributed by atoms with Gasteiger partial charge in [-0.3, -0.25) is 14.7 Å². The van der Waals surface area contributed by atoms with E-state index in [0.717, 1.165) is 38.5 Å². The van der Waals surface area contributed by atoms with Crippen LogP contribution in [0.25, 0.3) is 10.8 Å². The largest absolute Gasteiger partial charge is 0.480 e. The van der Waals surface area contributed by atoms with Crippen LogP contribution in [0.5, 0.6) is 0 Å². The van der Waals surface area contributed by atoms with Crippen LogP contribution in [0.3, 0.4) is 0 Å². The van der Waals surface area contributed by atoms with E-state index in [2.05, 4.69) is 53.2 Å². The van der Waals surface area contributed by atoms with Crippen molar-refractivity contribution in [1.82, 2.24) is 9.88 Å². The number of ether oxygens (including phenoxy) is 1. The number of hydrogen-bond donors (Lipinski definition) is 2. The number of β-amino-alcohol motifs (C(OH)–C–C–N with tert-alkyl or cyclic N) is 1. The first-order valence-corrected chi connectivity index (χ1v) is 14.9. The summed E-state index contributed by atoms with van der Waals surface area (Å²) in [6.07, 6.45) is 16.8. The smallest absolute Gasteiger partial charge is 0.321 e. The van der Waals surface area contributed by atoms with Gasteiger partial charge in [-0.25, -0.2) is 0 Å². The fourth-order valence-corrected chi connectivity index (χ4v) is 10.0. The van der Waals surface area contributed by atoms with E-state index in [9.17, 15) is 15.0 Å². The maximum Gasteiger partial charge on any atom is 0.321 e. The number of allylic oxidation sites excluding steroid dienone is 1. The number of likely N-dealkylation sites (tertiary alicyclic amines) is 1. The van der Waals surface area contributed by atoms with Gasteiger partial charge in [0, 0.05) is 36.8 Å². The van der Waals surface area contributed by atoms with Gasteiger partial charge in [0.1, 0.15) is 6.04 Å². The number of benzene rings is 1. The predicted molar refractivity (Wildman–Crippen MR) is 148 cm³/mol. The van der Waals surface area contributed by atoms with E-state index >= 15 is 0 Å². The third kappa shape index (κ3) is 3.31. The van der Waals surface area contributed by atoms with Gasteiger partial charge < -0.3 is 14.9 Å². The van der Waals surface area contributed by atoms with E-state index in [-0.39, 0.29) is 22.7 Å². The number of carboxylic acids is 1. The van der Waals surface area contributed by atoms with Crippen molar-refractivity contribution in [3.63, 3.8) is 0 Å². The lowest BCUT2D eigenvalue weighted by atomic mass is 9.58. The molecule has 3 aliphatic carbocycles. The van der Waals surface area contributed by atoms with E-state index in [4.69, 9.17) is 4.74 Å². The molecule has 3 aliphatic heterocycles. The number of aliphatic hydroxyl groups excluding tert-OH is 1. The average Bonchev–Trinajstić information content (AvgIpc) is 3.59. The standard InChI is InChI=1S/C33H38N2O4/c1-31-10-8-24-15-23-4-5-25(35-19-26(36)16-28(35)30(37)38)17-32(23)11-12-33(24,39-32)29(31)7-6-27(31)21-3-2-20-9-13-34-18-22(20)14-21/h2-3,8-9,13-15,18,25-29,36H,4-7,10-12,16-17,19H2,1H3,(H,37,38)/t25-,26?,27?,28+,29-,31?,32-,33-/m1/s1. The highest BCUT2D eigenvalue weighted by molar-refractivity contribution is 5.82. The van der Waals surface area contributed by atoms with E-state index in [1.165, 1.54) is 40.3 Å². The molecular formula is C33H38N2O4. The highest BCUT2D eigenvalue weighted by Gasteiger charge is 2.67. The Morgan fingerprint density at radius 2 is 2.05 bits per heavy atom. The van der Waals surface area contributed by atoms with Crippen LogP contribution >= 0.6 is 0 Å². The maximum atomic E-state index is 12.0. The van der Waals surface area contributed by atoms with E-state index < -0.39 is 18.1 Å². The van der Waals surface area contributed by atoms with Crippen molar-refractivity contribution in [1.29, 1.82) is 0 Å². The molecule has 8 atom stereocenters. The summed E-state index contributed by atoms with van der Waals surface area (Å²) in [5.74, 6) is 0.149.